The minimum absolute atomic E-state index is 0.307. The van der Waals surface area contributed by atoms with E-state index in [1.807, 2.05) is 12.1 Å². The number of aromatic nitrogens is 4. The van der Waals surface area contributed by atoms with Gasteiger partial charge in [0.05, 0.1) is 22.8 Å². The van der Waals surface area contributed by atoms with Crippen molar-refractivity contribution < 1.29 is 4.74 Å². The molecular weight excluding hydrogens is 402 g/mol. The molecule has 1 aliphatic rings. The fourth-order valence-electron chi connectivity index (χ4n) is 3.99. The molecule has 160 valence electrons. The molecule has 8 heteroatoms. The van der Waals surface area contributed by atoms with E-state index in [9.17, 15) is 0 Å². The van der Waals surface area contributed by atoms with E-state index in [1.165, 1.54) is 11.1 Å². The Bertz CT molecular complexity index is 1250. The third-order valence-electron chi connectivity index (χ3n) is 5.66. The number of anilines is 1. The van der Waals surface area contributed by atoms with Crippen molar-refractivity contribution in [3.05, 3.63) is 72.1 Å². The van der Waals surface area contributed by atoms with Crippen LogP contribution in [0, 0.1) is 11.3 Å². The average Bonchev–Trinajstić information content (AvgIpc) is 3.23. The lowest BCUT2D eigenvalue weighted by Crippen LogP contribution is -2.39. The summed E-state index contributed by atoms with van der Waals surface area (Å²) in [6.45, 7) is 2.85. The molecule has 0 unspecified atom stereocenters. The van der Waals surface area contributed by atoms with E-state index < -0.39 is 0 Å². The van der Waals surface area contributed by atoms with Crippen LogP contribution in [0.1, 0.15) is 24.1 Å². The smallest absolute Gasteiger partial charge is 0.226 e. The summed E-state index contributed by atoms with van der Waals surface area (Å²) in [5.41, 5.74) is 2.73. The van der Waals surface area contributed by atoms with Gasteiger partial charge in [-0.25, -0.2) is 4.98 Å². The summed E-state index contributed by atoms with van der Waals surface area (Å²) >= 11 is 0. The molecule has 2 aromatic carbocycles. The van der Waals surface area contributed by atoms with Gasteiger partial charge in [-0.2, -0.15) is 15.3 Å². The molecule has 0 atom stereocenters. The highest BCUT2D eigenvalue weighted by Gasteiger charge is 2.21. The number of nitriles is 1. The number of nitrogens with one attached hydrogen (secondary N) is 2. The molecule has 3 heterocycles. The van der Waals surface area contributed by atoms with Crippen LogP contribution in [0.25, 0.3) is 10.9 Å². The number of para-hydroxylation sites is 1. The van der Waals surface area contributed by atoms with Crippen LogP contribution in [-0.4, -0.2) is 44.2 Å². The van der Waals surface area contributed by atoms with Gasteiger partial charge in [0, 0.05) is 43.3 Å². The average molecular weight is 425 g/mol. The first-order valence-electron chi connectivity index (χ1n) is 10.7. The van der Waals surface area contributed by atoms with Crippen LogP contribution in [0.5, 0.6) is 11.6 Å². The SMILES string of the molecule is N#Cc1cccc(Oc2ccnc(NC3CCN(Cc4[nH]nc5ccccc45)CC3)n2)c1. The summed E-state index contributed by atoms with van der Waals surface area (Å²) in [7, 11) is 0. The number of hydrogen-bond donors (Lipinski definition) is 2. The number of rotatable bonds is 6. The fourth-order valence-corrected chi connectivity index (χ4v) is 3.99. The third kappa shape index (κ3) is 4.53. The summed E-state index contributed by atoms with van der Waals surface area (Å²) in [6, 6.07) is 19.3. The van der Waals surface area contributed by atoms with Gasteiger partial charge in [0.25, 0.3) is 0 Å². The second-order valence-corrected chi connectivity index (χ2v) is 7.87. The van der Waals surface area contributed by atoms with Crippen LogP contribution in [0.15, 0.2) is 60.8 Å². The molecule has 2 N–H and O–H groups in total. The Labute approximate surface area is 185 Å². The van der Waals surface area contributed by atoms with Gasteiger partial charge >= 0.3 is 0 Å². The molecule has 8 nitrogen and oxygen atoms in total. The largest absolute Gasteiger partial charge is 0.439 e. The molecule has 2 aromatic heterocycles. The molecule has 1 saturated heterocycles. The maximum absolute atomic E-state index is 9.04. The summed E-state index contributed by atoms with van der Waals surface area (Å²) in [4.78, 5) is 11.3. The van der Waals surface area contributed by atoms with E-state index in [2.05, 4.69) is 48.6 Å². The van der Waals surface area contributed by atoms with Crippen molar-refractivity contribution >= 4 is 16.9 Å². The lowest BCUT2D eigenvalue weighted by Gasteiger charge is -2.32. The molecule has 0 spiro atoms. The summed E-state index contributed by atoms with van der Waals surface area (Å²) in [5.74, 6) is 1.58. The van der Waals surface area contributed by atoms with Gasteiger partial charge in [-0.15, -0.1) is 0 Å². The van der Waals surface area contributed by atoms with Gasteiger partial charge in [0.15, 0.2) is 0 Å². The Balaban J connectivity index is 1.16. The predicted molar refractivity (Wildman–Crippen MR) is 121 cm³/mol. The van der Waals surface area contributed by atoms with Gasteiger partial charge in [-0.05, 0) is 37.1 Å². The maximum atomic E-state index is 9.04. The van der Waals surface area contributed by atoms with Gasteiger partial charge in [-0.1, -0.05) is 24.3 Å². The minimum atomic E-state index is 0.307. The summed E-state index contributed by atoms with van der Waals surface area (Å²) < 4.78 is 5.80. The highest BCUT2D eigenvalue weighted by Crippen LogP contribution is 2.23. The van der Waals surface area contributed by atoms with Crippen molar-refractivity contribution in [3.8, 4) is 17.7 Å². The van der Waals surface area contributed by atoms with Crippen molar-refractivity contribution in [1.29, 1.82) is 5.26 Å². The van der Waals surface area contributed by atoms with Crippen LogP contribution in [0.3, 0.4) is 0 Å². The fraction of sp³-hybridized carbons (Fsp3) is 0.250. The molecule has 0 amide bonds. The quantitative estimate of drug-likeness (QED) is 0.479. The standard InChI is InChI=1S/C24H23N7O/c25-15-17-4-3-5-19(14-17)32-23-8-11-26-24(28-23)27-18-9-12-31(13-10-18)16-22-20-6-1-2-7-21(20)29-30-22/h1-8,11,14,18H,9-10,12-13,16H2,(H,29,30)(H,26,27,28). The Morgan fingerprint density at radius 1 is 1.12 bits per heavy atom. The highest BCUT2D eigenvalue weighted by atomic mass is 16.5. The normalized spacial score (nSPS) is 14.8. The van der Waals surface area contributed by atoms with Gasteiger partial charge < -0.3 is 10.1 Å². The third-order valence-corrected chi connectivity index (χ3v) is 5.66. The molecule has 0 radical (unpaired) electrons. The number of hydrogen-bond acceptors (Lipinski definition) is 7. The van der Waals surface area contributed by atoms with Crippen molar-refractivity contribution in [1.82, 2.24) is 25.1 Å². The topological polar surface area (TPSA) is 103 Å². The molecule has 0 bridgehead atoms. The maximum Gasteiger partial charge on any atom is 0.226 e. The van der Waals surface area contributed by atoms with Crippen LogP contribution in [-0.2, 0) is 6.54 Å². The van der Waals surface area contributed by atoms with Crippen molar-refractivity contribution in [2.24, 2.45) is 0 Å². The second kappa shape index (κ2) is 9.04. The zero-order valence-corrected chi connectivity index (χ0v) is 17.5. The Morgan fingerprint density at radius 3 is 2.88 bits per heavy atom. The van der Waals surface area contributed by atoms with Gasteiger partial charge in [0.2, 0.25) is 11.8 Å². The van der Waals surface area contributed by atoms with Crippen LogP contribution < -0.4 is 10.1 Å². The second-order valence-electron chi connectivity index (χ2n) is 7.87. The van der Waals surface area contributed by atoms with E-state index in [-0.39, 0.29) is 0 Å². The lowest BCUT2D eigenvalue weighted by molar-refractivity contribution is 0.209. The number of likely N-dealkylation sites (tertiary alicyclic amines) is 1. The number of benzene rings is 2. The summed E-state index contributed by atoms with van der Waals surface area (Å²) in [5, 5.41) is 21.3. The van der Waals surface area contributed by atoms with Crippen molar-refractivity contribution in [3.63, 3.8) is 0 Å². The molecule has 0 saturated carbocycles. The number of fused-ring (bicyclic) bond motifs is 1. The van der Waals surface area contributed by atoms with E-state index in [1.54, 1.807) is 36.5 Å². The summed E-state index contributed by atoms with van der Waals surface area (Å²) in [6.07, 6.45) is 3.69. The minimum Gasteiger partial charge on any atom is -0.439 e. The van der Waals surface area contributed by atoms with E-state index in [0.717, 1.165) is 38.0 Å². The number of ether oxygens (including phenoxy) is 1. The van der Waals surface area contributed by atoms with Crippen LogP contribution >= 0.6 is 0 Å². The van der Waals surface area contributed by atoms with Crippen LogP contribution in [0.2, 0.25) is 0 Å². The zero-order valence-electron chi connectivity index (χ0n) is 17.5. The molecule has 4 aromatic rings. The first kappa shape index (κ1) is 20.0. The molecule has 5 rings (SSSR count). The number of nitrogens with zero attached hydrogens (tertiary/aromatic N) is 5. The lowest BCUT2D eigenvalue weighted by atomic mass is 10.0. The molecule has 32 heavy (non-hydrogen) atoms. The van der Waals surface area contributed by atoms with E-state index >= 15 is 0 Å². The molecule has 0 aliphatic carbocycles. The number of aromatic amines is 1. The van der Waals surface area contributed by atoms with Crippen LogP contribution in [0.4, 0.5) is 5.95 Å². The van der Waals surface area contributed by atoms with Crippen molar-refractivity contribution in [2.75, 3.05) is 18.4 Å². The molecular formula is C24H23N7O. The van der Waals surface area contributed by atoms with Gasteiger partial charge in [-0.3, -0.25) is 10.00 Å². The molecule has 1 aliphatic heterocycles. The predicted octanol–water partition coefficient (Wildman–Crippen LogP) is 4.09. The number of piperidine rings is 1. The van der Waals surface area contributed by atoms with Gasteiger partial charge in [0.1, 0.15) is 5.75 Å². The molecule has 1 fully saturated rings. The highest BCUT2D eigenvalue weighted by molar-refractivity contribution is 5.81. The van der Waals surface area contributed by atoms with E-state index in [0.29, 0.717) is 29.2 Å². The number of H-pyrrole nitrogens is 1. The van der Waals surface area contributed by atoms with Crippen molar-refractivity contribution in [2.45, 2.75) is 25.4 Å². The first-order chi connectivity index (χ1) is 15.8. The first-order valence-corrected chi connectivity index (χ1v) is 10.7. The Morgan fingerprint density at radius 2 is 2.00 bits per heavy atom. The van der Waals surface area contributed by atoms with E-state index in [4.69, 9.17) is 10.00 Å². The Kier molecular flexibility index (Phi) is 5.64. The monoisotopic (exact) mass is 425 g/mol. The zero-order chi connectivity index (χ0) is 21.8. The Hall–Kier alpha value is -3.96.